The monoisotopic (exact) mass is 177 g/mol. The van der Waals surface area contributed by atoms with Crippen LogP contribution in [0.15, 0.2) is 12.3 Å². The lowest BCUT2D eigenvalue weighted by Crippen LogP contribution is -2.01. The van der Waals surface area contributed by atoms with Crippen LogP contribution in [0.25, 0.3) is 0 Å². The molecule has 70 valence electrons. The summed E-state index contributed by atoms with van der Waals surface area (Å²) in [7, 11) is 0. The van der Waals surface area contributed by atoms with Crippen molar-refractivity contribution in [2.45, 2.75) is 38.5 Å². The molecule has 0 fully saturated rings. The Morgan fingerprint density at radius 2 is 1.85 bits per heavy atom. The highest BCUT2D eigenvalue weighted by molar-refractivity contribution is 5.28. The molecule has 0 radical (unpaired) electrons. The van der Waals surface area contributed by atoms with Crippen LogP contribution in [0.5, 0.6) is 5.75 Å². The van der Waals surface area contributed by atoms with Gasteiger partial charge in [0.2, 0.25) is 0 Å². The number of rotatable bonds is 0. The molecule has 0 atom stereocenters. The molecule has 0 saturated carbocycles. The lowest BCUT2D eigenvalue weighted by Gasteiger charge is -2.12. The lowest BCUT2D eigenvalue weighted by atomic mass is 9.97. The van der Waals surface area contributed by atoms with Crippen LogP contribution in [0, 0.1) is 0 Å². The highest BCUT2D eigenvalue weighted by atomic mass is 16.3. The fourth-order valence-electron chi connectivity index (χ4n) is 1.93. The molecule has 2 rings (SSSR count). The highest BCUT2D eigenvalue weighted by Crippen LogP contribution is 2.21. The van der Waals surface area contributed by atoms with Gasteiger partial charge in [-0.3, -0.25) is 4.98 Å². The fourth-order valence-corrected chi connectivity index (χ4v) is 1.93. The van der Waals surface area contributed by atoms with Crippen molar-refractivity contribution in [3.8, 4) is 5.75 Å². The molecule has 0 amide bonds. The number of aromatic nitrogens is 1. The van der Waals surface area contributed by atoms with Gasteiger partial charge in [-0.2, -0.15) is 0 Å². The highest BCUT2D eigenvalue weighted by Gasteiger charge is 2.08. The number of hydrogen-bond acceptors (Lipinski definition) is 2. The molecule has 1 aliphatic carbocycles. The summed E-state index contributed by atoms with van der Waals surface area (Å²) in [5.41, 5.74) is 2.44. The summed E-state index contributed by atoms with van der Waals surface area (Å²) in [5, 5.41) is 9.29. The van der Waals surface area contributed by atoms with Gasteiger partial charge in [0, 0.05) is 5.69 Å². The van der Waals surface area contributed by atoms with Crippen molar-refractivity contribution in [3.05, 3.63) is 23.5 Å². The Hall–Kier alpha value is -1.05. The first-order valence-electron chi connectivity index (χ1n) is 5.03. The van der Waals surface area contributed by atoms with Crippen LogP contribution in [0.2, 0.25) is 0 Å². The first-order valence-corrected chi connectivity index (χ1v) is 5.03. The van der Waals surface area contributed by atoms with Gasteiger partial charge in [0.25, 0.3) is 0 Å². The summed E-state index contributed by atoms with van der Waals surface area (Å²) >= 11 is 0. The minimum atomic E-state index is 0.305. The van der Waals surface area contributed by atoms with Gasteiger partial charge in [-0.25, -0.2) is 0 Å². The molecule has 2 nitrogen and oxygen atoms in total. The van der Waals surface area contributed by atoms with E-state index in [1.165, 1.54) is 36.9 Å². The number of fused-ring (bicyclic) bond motifs is 1. The Morgan fingerprint density at radius 1 is 1.08 bits per heavy atom. The third-order valence-corrected chi connectivity index (χ3v) is 2.66. The Morgan fingerprint density at radius 3 is 2.69 bits per heavy atom. The lowest BCUT2D eigenvalue weighted by molar-refractivity contribution is 0.469. The maximum atomic E-state index is 9.29. The number of nitrogens with zero attached hydrogens (tertiary/aromatic N) is 1. The number of hydrogen-bond donors (Lipinski definition) is 1. The van der Waals surface area contributed by atoms with Gasteiger partial charge in [-0.05, 0) is 37.3 Å². The second kappa shape index (κ2) is 3.77. The van der Waals surface area contributed by atoms with Crippen LogP contribution in [-0.2, 0) is 12.8 Å². The first-order chi connectivity index (χ1) is 6.36. The number of pyridine rings is 1. The van der Waals surface area contributed by atoms with Crippen molar-refractivity contribution < 1.29 is 5.11 Å². The van der Waals surface area contributed by atoms with Gasteiger partial charge in [0.1, 0.15) is 5.75 Å². The van der Waals surface area contributed by atoms with Gasteiger partial charge in [-0.15, -0.1) is 0 Å². The Labute approximate surface area is 78.6 Å². The molecule has 1 N–H and O–H groups in total. The largest absolute Gasteiger partial charge is 0.506 e. The van der Waals surface area contributed by atoms with Gasteiger partial charge in [0.05, 0.1) is 6.20 Å². The zero-order chi connectivity index (χ0) is 9.10. The van der Waals surface area contributed by atoms with E-state index < -0.39 is 0 Å². The van der Waals surface area contributed by atoms with Crippen molar-refractivity contribution in [2.24, 2.45) is 0 Å². The molecular formula is C11H15NO. The average Bonchev–Trinajstić information content (AvgIpc) is 2.08. The minimum Gasteiger partial charge on any atom is -0.506 e. The van der Waals surface area contributed by atoms with Gasteiger partial charge in [0.15, 0.2) is 0 Å². The topological polar surface area (TPSA) is 33.1 Å². The summed E-state index contributed by atoms with van der Waals surface area (Å²) in [5.74, 6) is 0.305. The average molecular weight is 177 g/mol. The predicted octanol–water partition coefficient (Wildman–Crippen LogP) is 2.45. The molecule has 13 heavy (non-hydrogen) atoms. The molecule has 0 spiro atoms. The standard InChI is InChI=1S/C11H15NO/c13-10-7-9-5-3-1-2-4-6-11(9)12-8-10/h7-8,13H,1-6H2. The summed E-state index contributed by atoms with van der Waals surface area (Å²) in [4.78, 5) is 4.27. The predicted molar refractivity (Wildman–Crippen MR) is 51.8 cm³/mol. The molecule has 2 heteroatoms. The zero-order valence-corrected chi connectivity index (χ0v) is 7.79. The van der Waals surface area contributed by atoms with Crippen LogP contribution in [0.1, 0.15) is 36.9 Å². The summed E-state index contributed by atoms with van der Waals surface area (Å²) in [6.45, 7) is 0. The first kappa shape index (κ1) is 8.54. The fraction of sp³-hybridized carbons (Fsp3) is 0.545. The van der Waals surface area contributed by atoms with Crippen LogP contribution < -0.4 is 0 Å². The third kappa shape index (κ3) is 2.00. The normalized spacial score (nSPS) is 17.2. The van der Waals surface area contributed by atoms with E-state index in [9.17, 15) is 5.11 Å². The second-order valence-corrected chi connectivity index (χ2v) is 3.71. The molecule has 1 heterocycles. The molecular weight excluding hydrogens is 162 g/mol. The molecule has 0 aliphatic heterocycles. The molecule has 0 bridgehead atoms. The van der Waals surface area contributed by atoms with Gasteiger partial charge >= 0.3 is 0 Å². The van der Waals surface area contributed by atoms with E-state index in [1.54, 1.807) is 6.20 Å². The van der Waals surface area contributed by atoms with Gasteiger partial charge < -0.3 is 5.11 Å². The van der Waals surface area contributed by atoms with Crippen molar-refractivity contribution in [1.82, 2.24) is 4.98 Å². The molecule has 1 aromatic rings. The number of aromatic hydroxyl groups is 1. The molecule has 0 saturated heterocycles. The van der Waals surface area contributed by atoms with Crippen molar-refractivity contribution in [2.75, 3.05) is 0 Å². The zero-order valence-electron chi connectivity index (χ0n) is 7.79. The third-order valence-electron chi connectivity index (χ3n) is 2.66. The second-order valence-electron chi connectivity index (χ2n) is 3.71. The van der Waals surface area contributed by atoms with E-state index in [-0.39, 0.29) is 0 Å². The summed E-state index contributed by atoms with van der Waals surface area (Å²) in [6.07, 6.45) is 8.83. The van der Waals surface area contributed by atoms with Crippen molar-refractivity contribution >= 4 is 0 Å². The van der Waals surface area contributed by atoms with Gasteiger partial charge in [-0.1, -0.05) is 12.8 Å². The SMILES string of the molecule is Oc1cnc2c(c1)CCCCCC2. The van der Waals surface area contributed by atoms with E-state index in [4.69, 9.17) is 0 Å². The van der Waals surface area contributed by atoms with E-state index in [0.29, 0.717) is 5.75 Å². The Bertz CT molecular complexity index is 296. The maximum absolute atomic E-state index is 9.29. The van der Waals surface area contributed by atoms with E-state index >= 15 is 0 Å². The van der Waals surface area contributed by atoms with Crippen molar-refractivity contribution in [3.63, 3.8) is 0 Å². The number of aryl methyl sites for hydroxylation is 2. The quantitative estimate of drug-likeness (QED) is 0.660. The van der Waals surface area contributed by atoms with Crippen LogP contribution in [0.4, 0.5) is 0 Å². The smallest absolute Gasteiger partial charge is 0.134 e. The maximum Gasteiger partial charge on any atom is 0.134 e. The van der Waals surface area contributed by atoms with Crippen LogP contribution >= 0.6 is 0 Å². The molecule has 0 aromatic carbocycles. The minimum absolute atomic E-state index is 0.305. The molecule has 0 unspecified atom stereocenters. The van der Waals surface area contributed by atoms with Crippen LogP contribution in [0.3, 0.4) is 0 Å². The Kier molecular flexibility index (Phi) is 2.48. The molecule has 1 aromatic heterocycles. The van der Waals surface area contributed by atoms with Crippen molar-refractivity contribution in [1.29, 1.82) is 0 Å². The van der Waals surface area contributed by atoms with E-state index in [0.717, 1.165) is 12.8 Å². The van der Waals surface area contributed by atoms with E-state index in [2.05, 4.69) is 4.98 Å². The summed E-state index contributed by atoms with van der Waals surface area (Å²) < 4.78 is 0. The Balaban J connectivity index is 2.28. The van der Waals surface area contributed by atoms with E-state index in [1.807, 2.05) is 6.07 Å². The summed E-state index contributed by atoms with van der Waals surface area (Å²) in [6, 6.07) is 1.87. The molecule has 1 aliphatic rings. The van der Waals surface area contributed by atoms with Crippen LogP contribution in [-0.4, -0.2) is 10.1 Å².